The van der Waals surface area contributed by atoms with Gasteiger partial charge in [0, 0.05) is 6.07 Å². The molecule has 0 spiro atoms. The minimum absolute atomic E-state index is 0.0199. The largest absolute Gasteiger partial charge is 0.507 e. The van der Waals surface area contributed by atoms with Crippen LogP contribution in [0.25, 0.3) is 0 Å². The molecule has 0 heterocycles. The number of nitro groups is 1. The highest BCUT2D eigenvalue weighted by Gasteiger charge is 2.15. The molecule has 0 aliphatic heterocycles. The first-order valence-electron chi connectivity index (χ1n) is 5.97. The molecule has 3 N–H and O–H groups in total. The van der Waals surface area contributed by atoms with Gasteiger partial charge in [0.15, 0.2) is 0 Å². The number of phenolic OH excluding ortho intramolecular Hbond substituents is 2. The molecule has 108 valence electrons. The first-order chi connectivity index (χ1) is 9.88. The average molecular weight is 288 g/mol. The number of hydrogen-bond donors (Lipinski definition) is 3. The number of amides is 1. The fraction of sp³-hybridized carbons (Fsp3) is 0.0714. The van der Waals surface area contributed by atoms with Crippen LogP contribution in [0.3, 0.4) is 0 Å². The van der Waals surface area contributed by atoms with E-state index < -0.39 is 16.6 Å². The zero-order valence-electron chi connectivity index (χ0n) is 11.0. The van der Waals surface area contributed by atoms with Gasteiger partial charge in [0.05, 0.1) is 22.2 Å². The van der Waals surface area contributed by atoms with Gasteiger partial charge in [-0.25, -0.2) is 0 Å². The van der Waals surface area contributed by atoms with Crippen molar-refractivity contribution >= 4 is 17.3 Å². The molecule has 2 rings (SSSR count). The molecule has 0 fully saturated rings. The van der Waals surface area contributed by atoms with Gasteiger partial charge >= 0.3 is 0 Å². The SMILES string of the molecule is Cc1ccc(O)c(C(=O)Nc2ccc([N+](=O)[O-])cc2O)c1. The number of nitrogens with zero attached hydrogens (tertiary/aromatic N) is 1. The first kappa shape index (κ1) is 14.3. The highest BCUT2D eigenvalue weighted by molar-refractivity contribution is 6.06. The maximum absolute atomic E-state index is 12.0. The number of nitro benzene ring substituents is 1. The lowest BCUT2D eigenvalue weighted by Crippen LogP contribution is -2.12. The van der Waals surface area contributed by atoms with Crippen LogP contribution in [0.5, 0.6) is 11.5 Å². The summed E-state index contributed by atoms with van der Waals surface area (Å²) in [5.74, 6) is -1.25. The molecular weight excluding hydrogens is 276 g/mol. The fourth-order valence-electron chi connectivity index (χ4n) is 1.76. The van der Waals surface area contributed by atoms with Crippen molar-refractivity contribution in [2.24, 2.45) is 0 Å². The molecule has 0 saturated carbocycles. The van der Waals surface area contributed by atoms with Crippen LogP contribution >= 0.6 is 0 Å². The second kappa shape index (κ2) is 5.49. The Morgan fingerprint density at radius 1 is 1.14 bits per heavy atom. The molecule has 2 aromatic rings. The number of rotatable bonds is 3. The number of benzene rings is 2. The van der Waals surface area contributed by atoms with E-state index in [4.69, 9.17) is 0 Å². The van der Waals surface area contributed by atoms with Gasteiger partial charge in [-0.05, 0) is 25.1 Å². The van der Waals surface area contributed by atoms with Crippen LogP contribution in [-0.2, 0) is 0 Å². The van der Waals surface area contributed by atoms with E-state index in [2.05, 4.69) is 5.32 Å². The van der Waals surface area contributed by atoms with Gasteiger partial charge in [-0.15, -0.1) is 0 Å². The smallest absolute Gasteiger partial charge is 0.273 e. The van der Waals surface area contributed by atoms with Gasteiger partial charge in [0.2, 0.25) is 0 Å². The fourth-order valence-corrected chi connectivity index (χ4v) is 1.76. The molecule has 7 heteroatoms. The summed E-state index contributed by atoms with van der Waals surface area (Å²) >= 11 is 0. The Labute approximate surface area is 119 Å². The number of aromatic hydroxyl groups is 2. The highest BCUT2D eigenvalue weighted by atomic mass is 16.6. The summed E-state index contributed by atoms with van der Waals surface area (Å²) in [6, 6.07) is 7.85. The number of carbonyl (C=O) groups excluding carboxylic acids is 1. The molecule has 2 aromatic carbocycles. The van der Waals surface area contributed by atoms with Crippen molar-refractivity contribution in [2.75, 3.05) is 5.32 Å². The van der Waals surface area contributed by atoms with Crippen LogP contribution < -0.4 is 5.32 Å². The van der Waals surface area contributed by atoms with Gasteiger partial charge in [0.25, 0.3) is 11.6 Å². The Morgan fingerprint density at radius 3 is 2.48 bits per heavy atom. The predicted molar refractivity (Wildman–Crippen MR) is 75.6 cm³/mol. The second-order valence-electron chi connectivity index (χ2n) is 4.43. The van der Waals surface area contributed by atoms with Crippen molar-refractivity contribution in [3.8, 4) is 11.5 Å². The summed E-state index contributed by atoms with van der Waals surface area (Å²) in [7, 11) is 0. The zero-order chi connectivity index (χ0) is 15.6. The highest BCUT2D eigenvalue weighted by Crippen LogP contribution is 2.29. The number of nitrogens with one attached hydrogen (secondary N) is 1. The van der Waals surface area contributed by atoms with Crippen LogP contribution in [0.1, 0.15) is 15.9 Å². The van der Waals surface area contributed by atoms with Gasteiger partial charge in [-0.3, -0.25) is 14.9 Å². The Hall–Kier alpha value is -3.09. The van der Waals surface area contributed by atoms with E-state index in [0.29, 0.717) is 0 Å². The van der Waals surface area contributed by atoms with Gasteiger partial charge in [-0.1, -0.05) is 11.6 Å². The maximum atomic E-state index is 12.0. The van der Waals surface area contributed by atoms with E-state index in [1.807, 2.05) is 0 Å². The van der Waals surface area contributed by atoms with Crippen molar-refractivity contribution in [1.82, 2.24) is 0 Å². The van der Waals surface area contributed by atoms with Crippen LogP contribution in [0.15, 0.2) is 36.4 Å². The van der Waals surface area contributed by atoms with Gasteiger partial charge in [-0.2, -0.15) is 0 Å². The molecule has 7 nitrogen and oxygen atoms in total. The van der Waals surface area contributed by atoms with E-state index in [-0.39, 0.29) is 22.7 Å². The van der Waals surface area contributed by atoms with Gasteiger partial charge in [0.1, 0.15) is 11.5 Å². The van der Waals surface area contributed by atoms with Crippen LogP contribution in [0, 0.1) is 17.0 Å². The molecule has 0 aliphatic carbocycles. The minimum Gasteiger partial charge on any atom is -0.507 e. The molecule has 0 aliphatic rings. The van der Waals surface area contributed by atoms with Crippen molar-refractivity contribution in [3.05, 3.63) is 57.6 Å². The summed E-state index contributed by atoms with van der Waals surface area (Å²) in [4.78, 5) is 22.0. The third-order valence-corrected chi connectivity index (χ3v) is 2.84. The molecule has 0 bridgehead atoms. The molecule has 0 atom stereocenters. The number of carbonyl (C=O) groups is 1. The van der Waals surface area contributed by atoms with E-state index in [1.54, 1.807) is 13.0 Å². The lowest BCUT2D eigenvalue weighted by molar-refractivity contribution is -0.384. The minimum atomic E-state index is -0.655. The Morgan fingerprint density at radius 2 is 1.86 bits per heavy atom. The lowest BCUT2D eigenvalue weighted by atomic mass is 10.1. The normalized spacial score (nSPS) is 10.1. The first-order valence-corrected chi connectivity index (χ1v) is 5.97. The summed E-state index contributed by atoms with van der Waals surface area (Å²) in [5, 5.41) is 32.3. The second-order valence-corrected chi connectivity index (χ2v) is 4.43. The Bertz CT molecular complexity index is 727. The summed E-state index contributed by atoms with van der Waals surface area (Å²) in [6.07, 6.45) is 0. The van der Waals surface area contributed by atoms with E-state index in [1.165, 1.54) is 18.2 Å². The topological polar surface area (TPSA) is 113 Å². The molecule has 1 amide bonds. The van der Waals surface area contributed by atoms with Crippen LogP contribution in [-0.4, -0.2) is 21.0 Å². The molecule has 21 heavy (non-hydrogen) atoms. The predicted octanol–water partition coefficient (Wildman–Crippen LogP) is 2.57. The maximum Gasteiger partial charge on any atom is 0.273 e. The molecule has 0 saturated heterocycles. The Balaban J connectivity index is 2.27. The van der Waals surface area contributed by atoms with E-state index in [9.17, 15) is 25.1 Å². The number of anilines is 1. The third-order valence-electron chi connectivity index (χ3n) is 2.84. The molecule has 0 aromatic heterocycles. The average Bonchev–Trinajstić information content (AvgIpc) is 2.43. The quantitative estimate of drug-likeness (QED) is 0.456. The molecular formula is C14H12N2O5. The van der Waals surface area contributed by atoms with E-state index >= 15 is 0 Å². The Kier molecular flexibility index (Phi) is 3.75. The standard InChI is InChI=1S/C14H12N2O5/c1-8-2-5-12(17)10(6-8)14(19)15-11-4-3-9(16(20)21)7-13(11)18/h2-7,17-18H,1H3,(H,15,19). The molecule has 0 unspecified atom stereocenters. The zero-order valence-corrected chi connectivity index (χ0v) is 11.0. The monoisotopic (exact) mass is 288 g/mol. The lowest BCUT2D eigenvalue weighted by Gasteiger charge is -2.09. The van der Waals surface area contributed by atoms with Crippen molar-refractivity contribution < 1.29 is 19.9 Å². The molecule has 0 radical (unpaired) electrons. The van der Waals surface area contributed by atoms with Crippen LogP contribution in [0.4, 0.5) is 11.4 Å². The number of phenols is 2. The number of aryl methyl sites for hydroxylation is 1. The van der Waals surface area contributed by atoms with Crippen molar-refractivity contribution in [2.45, 2.75) is 6.92 Å². The third kappa shape index (κ3) is 3.08. The van der Waals surface area contributed by atoms with Crippen molar-refractivity contribution in [1.29, 1.82) is 0 Å². The summed E-state index contributed by atoms with van der Waals surface area (Å²) in [6.45, 7) is 1.76. The van der Waals surface area contributed by atoms with E-state index in [0.717, 1.165) is 17.7 Å². The number of hydrogen-bond acceptors (Lipinski definition) is 5. The summed E-state index contributed by atoms with van der Waals surface area (Å²) < 4.78 is 0. The van der Waals surface area contributed by atoms with Crippen molar-refractivity contribution in [3.63, 3.8) is 0 Å². The summed E-state index contributed by atoms with van der Waals surface area (Å²) in [5.41, 5.74) is 0.564. The number of non-ortho nitro benzene ring substituents is 1. The van der Waals surface area contributed by atoms with Gasteiger partial charge < -0.3 is 15.5 Å². The van der Waals surface area contributed by atoms with Crippen LogP contribution in [0.2, 0.25) is 0 Å².